The van der Waals surface area contributed by atoms with Gasteiger partial charge in [-0.25, -0.2) is 4.39 Å². The van der Waals surface area contributed by atoms with E-state index < -0.39 is 11.9 Å². The van der Waals surface area contributed by atoms with Crippen LogP contribution in [0.2, 0.25) is 0 Å². The maximum absolute atomic E-state index is 13.1. The number of nitrogens with two attached hydrogens (primary N) is 1. The van der Waals surface area contributed by atoms with E-state index in [2.05, 4.69) is 12.2 Å². The lowest BCUT2D eigenvalue weighted by molar-refractivity contribution is -0.118. The number of aryl methyl sites for hydroxylation is 1. The second-order valence-electron chi connectivity index (χ2n) is 4.15. The molecule has 1 aromatic carbocycles. The van der Waals surface area contributed by atoms with E-state index in [1.54, 1.807) is 12.1 Å². The number of carbonyl (C=O) groups excluding carboxylic acids is 1. The number of anilines is 1. The van der Waals surface area contributed by atoms with Crippen LogP contribution in [-0.2, 0) is 11.2 Å². The maximum Gasteiger partial charge on any atom is 0.245 e. The van der Waals surface area contributed by atoms with Crippen molar-refractivity contribution in [1.82, 2.24) is 0 Å². The van der Waals surface area contributed by atoms with Crippen LogP contribution in [0.15, 0.2) is 36.4 Å². The van der Waals surface area contributed by atoms with Crippen LogP contribution in [0.3, 0.4) is 0 Å². The maximum atomic E-state index is 13.1. The number of hydrogen-bond acceptors (Lipinski definition) is 3. The second kappa shape index (κ2) is 5.84. The number of nitrogens with one attached hydrogen (secondary N) is 1. The third kappa shape index (κ3) is 3.32. The summed E-state index contributed by atoms with van der Waals surface area (Å²) in [6, 6.07) is 9.20. The fraction of sp³-hybridized carbons (Fsp3) is 0.214. The highest BCUT2D eigenvalue weighted by atomic mass is 32.1. The molecule has 3 nitrogen and oxygen atoms in total. The van der Waals surface area contributed by atoms with Crippen molar-refractivity contribution in [3.05, 3.63) is 52.0 Å². The third-order valence-electron chi connectivity index (χ3n) is 2.74. The lowest BCUT2D eigenvalue weighted by atomic mass is 10.2. The standard InChI is InChI=1S/C14H15FN2OS/c1-2-11-6-7-12(19-11)13(14(16)18)17-10-5-3-4-9(15)8-10/h3-8,13,17H,2H2,1H3,(H2,16,18). The highest BCUT2D eigenvalue weighted by Gasteiger charge is 2.19. The number of carbonyl (C=O) groups is 1. The second-order valence-corrected chi connectivity index (χ2v) is 5.35. The van der Waals surface area contributed by atoms with Crippen LogP contribution in [0.25, 0.3) is 0 Å². The Morgan fingerprint density at radius 3 is 2.79 bits per heavy atom. The van der Waals surface area contributed by atoms with Gasteiger partial charge in [-0.3, -0.25) is 4.79 Å². The van der Waals surface area contributed by atoms with Crippen LogP contribution < -0.4 is 11.1 Å². The van der Waals surface area contributed by atoms with Crippen LogP contribution in [0, 0.1) is 5.82 Å². The van der Waals surface area contributed by atoms with Crippen LogP contribution in [-0.4, -0.2) is 5.91 Å². The Balaban J connectivity index is 2.23. The smallest absolute Gasteiger partial charge is 0.245 e. The first kappa shape index (κ1) is 13.5. The first-order valence-corrected chi connectivity index (χ1v) is 6.82. The molecule has 0 aliphatic rings. The zero-order valence-corrected chi connectivity index (χ0v) is 11.3. The van der Waals surface area contributed by atoms with Gasteiger partial charge < -0.3 is 11.1 Å². The summed E-state index contributed by atoms with van der Waals surface area (Å²) in [5.74, 6) is -0.831. The van der Waals surface area contributed by atoms with E-state index in [-0.39, 0.29) is 5.82 Å². The van der Waals surface area contributed by atoms with E-state index in [0.29, 0.717) is 5.69 Å². The summed E-state index contributed by atoms with van der Waals surface area (Å²) < 4.78 is 13.1. The van der Waals surface area contributed by atoms with Crippen LogP contribution in [0.1, 0.15) is 22.7 Å². The molecule has 0 fully saturated rings. The Kier molecular flexibility index (Phi) is 4.16. The van der Waals surface area contributed by atoms with Gasteiger partial charge in [-0.2, -0.15) is 0 Å². The summed E-state index contributed by atoms with van der Waals surface area (Å²) in [6.45, 7) is 2.05. The Hall–Kier alpha value is -1.88. The van der Waals surface area contributed by atoms with E-state index in [9.17, 15) is 9.18 Å². The SMILES string of the molecule is CCc1ccc(C(Nc2cccc(F)c2)C(N)=O)s1. The summed E-state index contributed by atoms with van der Waals surface area (Å²) >= 11 is 1.54. The predicted molar refractivity (Wildman–Crippen MR) is 75.7 cm³/mol. The molecule has 3 N–H and O–H groups in total. The number of primary amides is 1. The molecule has 1 unspecified atom stereocenters. The summed E-state index contributed by atoms with van der Waals surface area (Å²) in [5, 5.41) is 2.97. The average Bonchev–Trinajstić information content (AvgIpc) is 2.84. The molecule has 0 radical (unpaired) electrons. The van der Waals surface area contributed by atoms with E-state index in [1.165, 1.54) is 28.3 Å². The molecule has 0 saturated carbocycles. The van der Waals surface area contributed by atoms with Crippen molar-refractivity contribution in [2.45, 2.75) is 19.4 Å². The number of thiophene rings is 1. The Morgan fingerprint density at radius 1 is 1.42 bits per heavy atom. The molecule has 1 aromatic heterocycles. The molecule has 2 aromatic rings. The van der Waals surface area contributed by atoms with E-state index in [4.69, 9.17) is 5.73 Å². The normalized spacial score (nSPS) is 12.1. The Morgan fingerprint density at radius 2 is 2.21 bits per heavy atom. The van der Waals surface area contributed by atoms with E-state index in [0.717, 1.165) is 11.3 Å². The largest absolute Gasteiger partial charge is 0.369 e. The molecule has 0 bridgehead atoms. The van der Waals surface area contributed by atoms with Crippen LogP contribution in [0.5, 0.6) is 0 Å². The van der Waals surface area contributed by atoms with Gasteiger partial charge in [0, 0.05) is 15.4 Å². The molecule has 0 aliphatic heterocycles. The van der Waals surface area contributed by atoms with E-state index >= 15 is 0 Å². The number of amides is 1. The molecule has 1 atom stereocenters. The topological polar surface area (TPSA) is 55.1 Å². The highest BCUT2D eigenvalue weighted by molar-refractivity contribution is 7.12. The van der Waals surface area contributed by atoms with Crippen LogP contribution in [0.4, 0.5) is 10.1 Å². The van der Waals surface area contributed by atoms with Crippen molar-refractivity contribution in [3.8, 4) is 0 Å². The predicted octanol–water partition coefficient (Wildman–Crippen LogP) is 3.09. The quantitative estimate of drug-likeness (QED) is 0.883. The molecule has 1 heterocycles. The number of rotatable bonds is 5. The minimum Gasteiger partial charge on any atom is -0.369 e. The monoisotopic (exact) mass is 278 g/mol. The van der Waals surface area contributed by atoms with E-state index in [1.807, 2.05) is 12.1 Å². The lowest BCUT2D eigenvalue weighted by Gasteiger charge is -2.15. The zero-order valence-electron chi connectivity index (χ0n) is 10.5. The van der Waals surface area contributed by atoms with Crippen molar-refractivity contribution < 1.29 is 9.18 Å². The molecule has 1 amide bonds. The number of benzene rings is 1. The van der Waals surface area contributed by atoms with Gasteiger partial charge >= 0.3 is 0 Å². The van der Waals surface area contributed by atoms with Gasteiger partial charge in [0.1, 0.15) is 11.9 Å². The van der Waals surface area contributed by atoms with Gasteiger partial charge in [0.2, 0.25) is 5.91 Å². The molecule has 0 spiro atoms. The van der Waals surface area contributed by atoms with Crippen molar-refractivity contribution in [2.75, 3.05) is 5.32 Å². The van der Waals surface area contributed by atoms with Gasteiger partial charge in [0.15, 0.2) is 0 Å². The zero-order chi connectivity index (χ0) is 13.8. The molecule has 5 heteroatoms. The fourth-order valence-corrected chi connectivity index (χ4v) is 2.78. The van der Waals surface area contributed by atoms with Crippen molar-refractivity contribution in [2.24, 2.45) is 5.73 Å². The van der Waals surface area contributed by atoms with Crippen molar-refractivity contribution >= 4 is 22.9 Å². The molecular formula is C14H15FN2OS. The van der Waals surface area contributed by atoms with Gasteiger partial charge in [-0.05, 0) is 36.8 Å². The van der Waals surface area contributed by atoms with Crippen molar-refractivity contribution in [3.63, 3.8) is 0 Å². The van der Waals surface area contributed by atoms with Gasteiger partial charge in [-0.15, -0.1) is 11.3 Å². The summed E-state index contributed by atoms with van der Waals surface area (Å²) in [4.78, 5) is 13.6. The number of halogens is 1. The van der Waals surface area contributed by atoms with Crippen molar-refractivity contribution in [1.29, 1.82) is 0 Å². The first-order chi connectivity index (χ1) is 9.10. The Bertz CT molecular complexity index is 582. The van der Waals surface area contributed by atoms with Gasteiger partial charge in [-0.1, -0.05) is 13.0 Å². The first-order valence-electron chi connectivity index (χ1n) is 6.00. The summed E-state index contributed by atoms with van der Waals surface area (Å²) in [5.41, 5.74) is 5.95. The fourth-order valence-electron chi connectivity index (χ4n) is 1.77. The molecular weight excluding hydrogens is 263 g/mol. The Labute approximate surface area is 115 Å². The average molecular weight is 278 g/mol. The van der Waals surface area contributed by atoms with Gasteiger partial charge in [0.25, 0.3) is 0 Å². The summed E-state index contributed by atoms with van der Waals surface area (Å²) in [6.07, 6.45) is 0.913. The van der Waals surface area contributed by atoms with Gasteiger partial charge in [0.05, 0.1) is 0 Å². The molecule has 0 aliphatic carbocycles. The molecule has 100 valence electrons. The minimum atomic E-state index is -0.632. The highest BCUT2D eigenvalue weighted by Crippen LogP contribution is 2.27. The third-order valence-corrected chi connectivity index (χ3v) is 4.03. The molecule has 2 rings (SSSR count). The minimum absolute atomic E-state index is 0.353. The molecule has 0 saturated heterocycles. The summed E-state index contributed by atoms with van der Waals surface area (Å²) in [7, 11) is 0. The number of hydrogen-bond donors (Lipinski definition) is 2. The lowest BCUT2D eigenvalue weighted by Crippen LogP contribution is -2.27. The molecule has 19 heavy (non-hydrogen) atoms. The van der Waals surface area contributed by atoms with Crippen LogP contribution >= 0.6 is 11.3 Å².